The predicted octanol–water partition coefficient (Wildman–Crippen LogP) is 4.84. The van der Waals surface area contributed by atoms with Gasteiger partial charge in [-0.1, -0.05) is 43.2 Å². The van der Waals surface area contributed by atoms with Gasteiger partial charge in [-0.3, -0.25) is 4.79 Å². The van der Waals surface area contributed by atoms with Crippen molar-refractivity contribution in [3.05, 3.63) is 59.9 Å². The molecule has 0 saturated heterocycles. The standard InChI is InChI=1S/C21H24FN3O2/c1-14(26)23-17-11-12-18(22)19(13-17)24-21(27)25-20(16-9-5-6-10-16)15-7-3-2-4-8-15/h2-4,7-8,11-13,16,20H,5-6,9-10H2,1H3,(H,23,26)(H2,24,25,27). The van der Waals surface area contributed by atoms with E-state index in [2.05, 4.69) is 16.0 Å². The van der Waals surface area contributed by atoms with Crippen LogP contribution in [0.15, 0.2) is 48.5 Å². The van der Waals surface area contributed by atoms with Gasteiger partial charge in [0.15, 0.2) is 0 Å². The number of halogens is 1. The molecule has 0 aromatic heterocycles. The normalized spacial score (nSPS) is 15.2. The number of urea groups is 1. The minimum Gasteiger partial charge on any atom is -0.331 e. The zero-order valence-electron chi connectivity index (χ0n) is 15.3. The van der Waals surface area contributed by atoms with Crippen LogP contribution < -0.4 is 16.0 Å². The molecular formula is C21H24FN3O2. The Morgan fingerprint density at radius 3 is 2.41 bits per heavy atom. The number of hydrogen-bond acceptors (Lipinski definition) is 2. The van der Waals surface area contributed by atoms with Crippen LogP contribution in [0.2, 0.25) is 0 Å². The number of carbonyl (C=O) groups is 2. The molecule has 1 unspecified atom stereocenters. The Bertz CT molecular complexity index is 804. The van der Waals surface area contributed by atoms with Crippen LogP contribution in [-0.2, 0) is 4.79 Å². The molecule has 0 bridgehead atoms. The molecule has 2 aromatic rings. The Labute approximate surface area is 158 Å². The molecule has 0 spiro atoms. The van der Waals surface area contributed by atoms with Crippen LogP contribution in [0.4, 0.5) is 20.6 Å². The van der Waals surface area contributed by atoms with E-state index in [-0.39, 0.29) is 17.6 Å². The van der Waals surface area contributed by atoms with E-state index in [1.165, 1.54) is 25.1 Å². The van der Waals surface area contributed by atoms with Crippen molar-refractivity contribution in [2.24, 2.45) is 5.92 Å². The van der Waals surface area contributed by atoms with Gasteiger partial charge in [0.25, 0.3) is 0 Å². The van der Waals surface area contributed by atoms with E-state index in [0.29, 0.717) is 11.6 Å². The summed E-state index contributed by atoms with van der Waals surface area (Å²) in [4.78, 5) is 23.7. The first-order chi connectivity index (χ1) is 13.0. The topological polar surface area (TPSA) is 70.2 Å². The number of amides is 3. The molecule has 5 nitrogen and oxygen atoms in total. The maximum absolute atomic E-state index is 14.1. The Hall–Kier alpha value is -2.89. The van der Waals surface area contributed by atoms with Crippen LogP contribution in [0, 0.1) is 11.7 Å². The summed E-state index contributed by atoms with van der Waals surface area (Å²) in [5, 5.41) is 8.16. The molecule has 2 aromatic carbocycles. The molecule has 1 aliphatic carbocycles. The van der Waals surface area contributed by atoms with E-state index < -0.39 is 11.8 Å². The van der Waals surface area contributed by atoms with Crippen molar-refractivity contribution in [2.45, 2.75) is 38.6 Å². The number of rotatable bonds is 5. The second-order valence-corrected chi connectivity index (χ2v) is 6.91. The quantitative estimate of drug-likeness (QED) is 0.706. The van der Waals surface area contributed by atoms with E-state index in [9.17, 15) is 14.0 Å². The Kier molecular flexibility index (Phi) is 6.06. The zero-order valence-corrected chi connectivity index (χ0v) is 15.3. The summed E-state index contributed by atoms with van der Waals surface area (Å²) in [6.45, 7) is 1.37. The molecule has 0 radical (unpaired) electrons. The number of hydrogen-bond donors (Lipinski definition) is 3. The smallest absolute Gasteiger partial charge is 0.319 e. The lowest BCUT2D eigenvalue weighted by atomic mass is 9.92. The molecule has 1 saturated carbocycles. The summed E-state index contributed by atoms with van der Waals surface area (Å²) >= 11 is 0. The van der Waals surface area contributed by atoms with Crippen LogP contribution in [0.1, 0.15) is 44.2 Å². The predicted molar refractivity (Wildman–Crippen MR) is 104 cm³/mol. The van der Waals surface area contributed by atoms with Crippen LogP contribution in [-0.4, -0.2) is 11.9 Å². The van der Waals surface area contributed by atoms with E-state index >= 15 is 0 Å². The van der Waals surface area contributed by atoms with Gasteiger partial charge < -0.3 is 16.0 Å². The minimum atomic E-state index is -0.559. The number of benzene rings is 2. The highest BCUT2D eigenvalue weighted by Crippen LogP contribution is 2.35. The minimum absolute atomic E-state index is 0.0250. The fourth-order valence-electron chi connectivity index (χ4n) is 3.63. The van der Waals surface area contributed by atoms with Gasteiger partial charge in [0.1, 0.15) is 5.82 Å². The summed E-state index contributed by atoms with van der Waals surface area (Å²) in [7, 11) is 0. The van der Waals surface area contributed by atoms with Crippen molar-refractivity contribution >= 4 is 23.3 Å². The van der Waals surface area contributed by atoms with Crippen molar-refractivity contribution in [1.29, 1.82) is 0 Å². The second-order valence-electron chi connectivity index (χ2n) is 6.91. The molecule has 1 aliphatic rings. The van der Waals surface area contributed by atoms with Gasteiger partial charge in [-0.15, -0.1) is 0 Å². The Morgan fingerprint density at radius 2 is 1.74 bits per heavy atom. The van der Waals surface area contributed by atoms with Gasteiger partial charge in [0, 0.05) is 12.6 Å². The maximum Gasteiger partial charge on any atom is 0.319 e. The first kappa shape index (κ1) is 18.9. The van der Waals surface area contributed by atoms with E-state index in [1.807, 2.05) is 30.3 Å². The maximum atomic E-state index is 14.1. The first-order valence-corrected chi connectivity index (χ1v) is 9.22. The number of anilines is 2. The van der Waals surface area contributed by atoms with Crippen molar-refractivity contribution in [2.75, 3.05) is 10.6 Å². The van der Waals surface area contributed by atoms with E-state index in [4.69, 9.17) is 0 Å². The second kappa shape index (κ2) is 8.66. The molecule has 27 heavy (non-hydrogen) atoms. The van der Waals surface area contributed by atoms with Crippen molar-refractivity contribution in [1.82, 2.24) is 5.32 Å². The molecule has 0 aliphatic heterocycles. The monoisotopic (exact) mass is 369 g/mol. The average molecular weight is 369 g/mol. The summed E-state index contributed by atoms with van der Waals surface area (Å²) in [6.07, 6.45) is 4.44. The SMILES string of the molecule is CC(=O)Nc1ccc(F)c(NC(=O)NC(c2ccccc2)C2CCCC2)c1. The first-order valence-electron chi connectivity index (χ1n) is 9.22. The van der Waals surface area contributed by atoms with Crippen molar-refractivity contribution in [3.8, 4) is 0 Å². The lowest BCUT2D eigenvalue weighted by Gasteiger charge is -2.25. The van der Waals surface area contributed by atoms with Crippen molar-refractivity contribution in [3.63, 3.8) is 0 Å². The fraction of sp³-hybridized carbons (Fsp3) is 0.333. The van der Waals surface area contributed by atoms with Crippen LogP contribution in [0.5, 0.6) is 0 Å². The van der Waals surface area contributed by atoms with Gasteiger partial charge in [-0.25, -0.2) is 9.18 Å². The highest BCUT2D eigenvalue weighted by molar-refractivity contribution is 5.92. The van der Waals surface area contributed by atoms with Gasteiger partial charge >= 0.3 is 6.03 Å². The highest BCUT2D eigenvalue weighted by Gasteiger charge is 2.27. The lowest BCUT2D eigenvalue weighted by Crippen LogP contribution is -2.36. The van der Waals surface area contributed by atoms with Gasteiger partial charge in [0.2, 0.25) is 5.91 Å². The fourth-order valence-corrected chi connectivity index (χ4v) is 3.63. The summed E-state index contributed by atoms with van der Waals surface area (Å²) < 4.78 is 14.1. The molecule has 3 N–H and O–H groups in total. The number of carbonyl (C=O) groups excluding carboxylic acids is 2. The Balaban J connectivity index is 1.73. The molecule has 1 fully saturated rings. The van der Waals surface area contributed by atoms with Crippen molar-refractivity contribution < 1.29 is 14.0 Å². The molecule has 0 heterocycles. The number of nitrogens with one attached hydrogen (secondary N) is 3. The third-order valence-corrected chi connectivity index (χ3v) is 4.85. The summed E-state index contributed by atoms with van der Waals surface area (Å²) in [6, 6.07) is 13.3. The highest BCUT2D eigenvalue weighted by atomic mass is 19.1. The average Bonchev–Trinajstić information content (AvgIpc) is 3.17. The van der Waals surface area contributed by atoms with Crippen LogP contribution in [0.25, 0.3) is 0 Å². The molecular weight excluding hydrogens is 345 g/mol. The van der Waals surface area contributed by atoms with E-state index in [0.717, 1.165) is 31.2 Å². The summed E-state index contributed by atoms with van der Waals surface area (Å²) in [5.74, 6) is -0.451. The summed E-state index contributed by atoms with van der Waals surface area (Å²) in [5.41, 5.74) is 1.50. The van der Waals surface area contributed by atoms with Gasteiger partial charge in [-0.2, -0.15) is 0 Å². The van der Waals surface area contributed by atoms with Gasteiger partial charge in [-0.05, 0) is 42.5 Å². The molecule has 3 amide bonds. The van der Waals surface area contributed by atoms with E-state index in [1.54, 1.807) is 0 Å². The third kappa shape index (κ3) is 5.06. The molecule has 6 heteroatoms. The van der Waals surface area contributed by atoms with Gasteiger partial charge in [0.05, 0.1) is 11.7 Å². The van der Waals surface area contributed by atoms with Crippen LogP contribution in [0.3, 0.4) is 0 Å². The molecule has 1 atom stereocenters. The zero-order chi connectivity index (χ0) is 19.2. The molecule has 3 rings (SSSR count). The largest absolute Gasteiger partial charge is 0.331 e. The Morgan fingerprint density at radius 1 is 1.04 bits per heavy atom. The molecule has 142 valence electrons. The third-order valence-electron chi connectivity index (χ3n) is 4.85. The van der Waals surface area contributed by atoms with Crippen LogP contribution >= 0.6 is 0 Å². The lowest BCUT2D eigenvalue weighted by molar-refractivity contribution is -0.114.